The molecule has 0 fully saturated rings. The van der Waals surface area contributed by atoms with Gasteiger partial charge in [-0.2, -0.15) is 0 Å². The molecule has 0 amide bonds. The topological polar surface area (TPSA) is 98.5 Å². The number of hydrogen-bond donors (Lipinski definition) is 1. The van der Waals surface area contributed by atoms with E-state index in [0.29, 0.717) is 5.56 Å². The zero-order chi connectivity index (χ0) is 17.2. The first-order chi connectivity index (χ1) is 10.7. The van der Waals surface area contributed by atoms with E-state index >= 15 is 0 Å². The molecule has 0 aliphatic carbocycles. The fourth-order valence-corrected chi connectivity index (χ4v) is 3.48. The van der Waals surface area contributed by atoms with E-state index in [4.69, 9.17) is 4.74 Å². The highest BCUT2D eigenvalue weighted by Gasteiger charge is 2.20. The van der Waals surface area contributed by atoms with Crippen LogP contribution < -0.4 is 9.46 Å². The fraction of sp³-hybridized carbons (Fsp3) is 0.200. The Bertz CT molecular complexity index is 862. The summed E-state index contributed by atoms with van der Waals surface area (Å²) in [6, 6.07) is 8.79. The lowest BCUT2D eigenvalue weighted by Crippen LogP contribution is -2.15. The van der Waals surface area contributed by atoms with Gasteiger partial charge in [-0.25, -0.2) is 8.42 Å². The van der Waals surface area contributed by atoms with Gasteiger partial charge in [0.2, 0.25) is 0 Å². The van der Waals surface area contributed by atoms with Gasteiger partial charge in [0.05, 0.1) is 28.7 Å². The average Bonchev–Trinajstić information content (AvgIpc) is 2.49. The lowest BCUT2D eigenvalue weighted by molar-refractivity contribution is -0.384. The molecule has 0 spiro atoms. The smallest absolute Gasteiger partial charge is 0.273 e. The Morgan fingerprint density at radius 2 is 1.83 bits per heavy atom. The number of hydrogen-bond acceptors (Lipinski definition) is 5. The fourth-order valence-electron chi connectivity index (χ4n) is 2.07. The van der Waals surface area contributed by atoms with Gasteiger partial charge >= 0.3 is 0 Å². The summed E-state index contributed by atoms with van der Waals surface area (Å²) in [6.45, 7) is 3.49. The molecule has 2 rings (SSSR count). The van der Waals surface area contributed by atoms with Gasteiger partial charge in [0, 0.05) is 6.07 Å². The minimum Gasteiger partial charge on any atom is -0.494 e. The van der Waals surface area contributed by atoms with Crippen molar-refractivity contribution in [3.63, 3.8) is 0 Å². The Labute approximate surface area is 134 Å². The summed E-state index contributed by atoms with van der Waals surface area (Å²) in [5, 5.41) is 10.8. The number of anilines is 1. The Morgan fingerprint density at radius 3 is 2.43 bits per heavy atom. The van der Waals surface area contributed by atoms with E-state index in [2.05, 4.69) is 4.72 Å². The van der Waals surface area contributed by atoms with E-state index in [-0.39, 0.29) is 22.0 Å². The molecule has 23 heavy (non-hydrogen) atoms. The summed E-state index contributed by atoms with van der Waals surface area (Å²) < 4.78 is 32.6. The zero-order valence-corrected chi connectivity index (χ0v) is 13.7. The number of nitro benzene ring substituents is 1. The lowest BCUT2D eigenvalue weighted by atomic mass is 10.2. The monoisotopic (exact) mass is 336 g/mol. The third kappa shape index (κ3) is 3.59. The van der Waals surface area contributed by atoms with Crippen LogP contribution in [0.1, 0.15) is 11.1 Å². The zero-order valence-electron chi connectivity index (χ0n) is 12.9. The SMILES string of the molecule is COc1cc([N+](=O)[O-])ccc1NS(=O)(=O)c1cc(C)ccc1C. The largest absolute Gasteiger partial charge is 0.494 e. The normalized spacial score (nSPS) is 11.1. The van der Waals surface area contributed by atoms with E-state index in [1.54, 1.807) is 26.0 Å². The molecule has 2 aromatic rings. The molecule has 1 N–H and O–H groups in total. The van der Waals surface area contributed by atoms with Gasteiger partial charge in [-0.1, -0.05) is 12.1 Å². The molecule has 0 saturated heterocycles. The summed E-state index contributed by atoms with van der Waals surface area (Å²) >= 11 is 0. The van der Waals surface area contributed by atoms with Crippen molar-refractivity contribution in [2.45, 2.75) is 18.7 Å². The Hall–Kier alpha value is -2.61. The van der Waals surface area contributed by atoms with Crippen LogP contribution in [-0.4, -0.2) is 20.5 Å². The van der Waals surface area contributed by atoms with Crippen LogP contribution in [0.4, 0.5) is 11.4 Å². The minimum atomic E-state index is -3.83. The number of nitro groups is 1. The molecule has 0 bridgehead atoms. The second-order valence-corrected chi connectivity index (χ2v) is 6.67. The molecule has 0 saturated carbocycles. The quantitative estimate of drug-likeness (QED) is 0.668. The maximum atomic E-state index is 12.6. The van der Waals surface area contributed by atoms with Crippen molar-refractivity contribution in [2.75, 3.05) is 11.8 Å². The van der Waals surface area contributed by atoms with Crippen LogP contribution >= 0.6 is 0 Å². The summed E-state index contributed by atoms with van der Waals surface area (Å²) in [5.74, 6) is 0.0769. The molecule has 2 aromatic carbocycles. The first kappa shape index (κ1) is 16.8. The number of rotatable bonds is 5. The molecule has 0 unspecified atom stereocenters. The van der Waals surface area contributed by atoms with Crippen LogP contribution in [0, 0.1) is 24.0 Å². The molecule has 0 heterocycles. The highest BCUT2D eigenvalue weighted by atomic mass is 32.2. The van der Waals surface area contributed by atoms with Crippen LogP contribution in [0.5, 0.6) is 5.75 Å². The second kappa shape index (κ2) is 6.25. The van der Waals surface area contributed by atoms with Crippen molar-refractivity contribution in [3.05, 3.63) is 57.6 Å². The summed E-state index contributed by atoms with van der Waals surface area (Å²) in [7, 11) is -2.52. The van der Waals surface area contributed by atoms with Crippen LogP contribution in [0.25, 0.3) is 0 Å². The molecule has 0 atom stereocenters. The van der Waals surface area contributed by atoms with E-state index < -0.39 is 14.9 Å². The number of ether oxygens (including phenoxy) is 1. The number of sulfonamides is 1. The Balaban J connectivity index is 2.45. The number of methoxy groups -OCH3 is 1. The second-order valence-electron chi connectivity index (χ2n) is 5.02. The van der Waals surface area contributed by atoms with E-state index in [0.717, 1.165) is 5.56 Å². The Kier molecular flexibility index (Phi) is 4.55. The maximum Gasteiger partial charge on any atom is 0.273 e. The predicted octanol–water partition coefficient (Wildman–Crippen LogP) is 3.02. The summed E-state index contributed by atoms with van der Waals surface area (Å²) in [6.07, 6.45) is 0. The van der Waals surface area contributed by atoms with Crippen LogP contribution in [0.3, 0.4) is 0 Å². The first-order valence-electron chi connectivity index (χ1n) is 6.67. The number of non-ortho nitro benzene ring substituents is 1. The molecule has 0 radical (unpaired) electrons. The van der Waals surface area contributed by atoms with Gasteiger partial charge in [0.25, 0.3) is 15.7 Å². The first-order valence-corrected chi connectivity index (χ1v) is 8.15. The van der Waals surface area contributed by atoms with Gasteiger partial charge in [-0.3, -0.25) is 14.8 Å². The molecule has 0 aromatic heterocycles. The molecular formula is C15H16N2O5S. The number of aryl methyl sites for hydroxylation is 2. The number of nitrogens with one attached hydrogen (secondary N) is 1. The van der Waals surface area contributed by atoms with Crippen molar-refractivity contribution in [1.29, 1.82) is 0 Å². The van der Waals surface area contributed by atoms with Gasteiger partial charge < -0.3 is 4.74 Å². The van der Waals surface area contributed by atoms with Crippen molar-refractivity contribution in [1.82, 2.24) is 0 Å². The summed E-state index contributed by atoms with van der Waals surface area (Å²) in [5.41, 5.74) is 1.37. The van der Waals surface area contributed by atoms with Crippen molar-refractivity contribution < 1.29 is 18.1 Å². The standard InChI is InChI=1S/C15H16N2O5S/c1-10-4-5-11(2)15(8-10)23(20,21)16-13-7-6-12(17(18)19)9-14(13)22-3/h4-9,16H,1-3H3. The maximum absolute atomic E-state index is 12.6. The van der Waals surface area contributed by atoms with Gasteiger partial charge in [-0.05, 0) is 37.1 Å². The number of nitrogens with zero attached hydrogens (tertiary/aromatic N) is 1. The number of benzene rings is 2. The van der Waals surface area contributed by atoms with Crippen molar-refractivity contribution in [2.24, 2.45) is 0 Å². The van der Waals surface area contributed by atoms with E-state index in [1.165, 1.54) is 25.3 Å². The molecule has 122 valence electrons. The van der Waals surface area contributed by atoms with Gasteiger partial charge in [-0.15, -0.1) is 0 Å². The highest BCUT2D eigenvalue weighted by molar-refractivity contribution is 7.92. The lowest BCUT2D eigenvalue weighted by Gasteiger charge is -2.13. The minimum absolute atomic E-state index is 0.0769. The molecule has 0 aliphatic rings. The predicted molar refractivity (Wildman–Crippen MR) is 86.4 cm³/mol. The van der Waals surface area contributed by atoms with Gasteiger partial charge in [0.15, 0.2) is 0 Å². The highest BCUT2D eigenvalue weighted by Crippen LogP contribution is 2.31. The van der Waals surface area contributed by atoms with Crippen LogP contribution in [-0.2, 0) is 10.0 Å². The van der Waals surface area contributed by atoms with Crippen molar-refractivity contribution in [3.8, 4) is 5.75 Å². The molecule has 8 heteroatoms. The van der Waals surface area contributed by atoms with Crippen LogP contribution in [0.2, 0.25) is 0 Å². The summed E-state index contributed by atoms with van der Waals surface area (Å²) in [4.78, 5) is 10.4. The third-order valence-electron chi connectivity index (χ3n) is 3.27. The average molecular weight is 336 g/mol. The van der Waals surface area contributed by atoms with Gasteiger partial charge in [0.1, 0.15) is 5.75 Å². The molecular weight excluding hydrogens is 320 g/mol. The van der Waals surface area contributed by atoms with Crippen LogP contribution in [0.15, 0.2) is 41.3 Å². The molecule has 7 nitrogen and oxygen atoms in total. The van der Waals surface area contributed by atoms with Crippen molar-refractivity contribution >= 4 is 21.4 Å². The Morgan fingerprint density at radius 1 is 1.13 bits per heavy atom. The van der Waals surface area contributed by atoms with E-state index in [1.807, 2.05) is 6.07 Å². The van der Waals surface area contributed by atoms with E-state index in [9.17, 15) is 18.5 Å². The third-order valence-corrected chi connectivity index (χ3v) is 4.78. The molecule has 0 aliphatic heterocycles.